The predicted molar refractivity (Wildman–Crippen MR) is 93.6 cm³/mol. The van der Waals surface area contributed by atoms with Crippen LogP contribution in [0.15, 0.2) is 54.6 Å². The lowest BCUT2D eigenvalue weighted by Gasteiger charge is -2.13. The van der Waals surface area contributed by atoms with E-state index in [1.54, 1.807) is 26.2 Å². The van der Waals surface area contributed by atoms with Crippen molar-refractivity contribution in [1.82, 2.24) is 0 Å². The molecule has 122 valence electrons. The number of hydrogen-bond acceptors (Lipinski definition) is 4. The molecule has 24 heavy (non-hydrogen) atoms. The van der Waals surface area contributed by atoms with Crippen molar-refractivity contribution in [2.45, 2.75) is 6.92 Å². The molecule has 0 bridgehead atoms. The van der Waals surface area contributed by atoms with Gasteiger partial charge in [-0.3, -0.25) is 0 Å². The largest absolute Gasteiger partial charge is 0.506 e. The number of aromatic hydroxyl groups is 1. The van der Waals surface area contributed by atoms with E-state index < -0.39 is 5.97 Å². The first-order chi connectivity index (χ1) is 11.7. The molecule has 3 rings (SSSR count). The fraction of sp³-hybridized carbons (Fsp3) is 0.150. The van der Waals surface area contributed by atoms with Crippen molar-refractivity contribution < 1.29 is 19.4 Å². The third kappa shape index (κ3) is 2.78. The highest BCUT2D eigenvalue weighted by Crippen LogP contribution is 2.37. The van der Waals surface area contributed by atoms with Gasteiger partial charge >= 0.3 is 5.97 Å². The third-order valence-electron chi connectivity index (χ3n) is 3.91. The van der Waals surface area contributed by atoms with Crippen molar-refractivity contribution in [2.75, 3.05) is 13.7 Å². The number of ether oxygens (including phenoxy) is 2. The van der Waals surface area contributed by atoms with Crippen LogP contribution < -0.4 is 4.74 Å². The molecular weight excluding hydrogens is 304 g/mol. The second kappa shape index (κ2) is 6.62. The summed E-state index contributed by atoms with van der Waals surface area (Å²) in [6.45, 7) is 1.99. The number of carbonyl (C=O) groups excluding carboxylic acids is 1. The van der Waals surface area contributed by atoms with Crippen LogP contribution in [0, 0.1) is 0 Å². The van der Waals surface area contributed by atoms with E-state index in [2.05, 4.69) is 0 Å². The maximum atomic E-state index is 12.2. The summed E-state index contributed by atoms with van der Waals surface area (Å²) in [5.74, 6) is 0.171. The summed E-state index contributed by atoms with van der Waals surface area (Å²) in [6.07, 6.45) is 0. The molecule has 0 aliphatic rings. The Kier molecular flexibility index (Phi) is 4.38. The van der Waals surface area contributed by atoms with Gasteiger partial charge in [-0.2, -0.15) is 0 Å². The molecule has 0 unspecified atom stereocenters. The fourth-order valence-corrected chi connectivity index (χ4v) is 2.73. The van der Waals surface area contributed by atoms with Gasteiger partial charge < -0.3 is 14.6 Å². The summed E-state index contributed by atoms with van der Waals surface area (Å²) in [5.41, 5.74) is 1.95. The molecule has 0 saturated heterocycles. The van der Waals surface area contributed by atoms with Crippen molar-refractivity contribution in [3.63, 3.8) is 0 Å². The number of phenolic OH excluding ortho intramolecular Hbond substituents is 1. The number of carbonyl (C=O) groups is 1. The van der Waals surface area contributed by atoms with Crippen LogP contribution >= 0.6 is 0 Å². The van der Waals surface area contributed by atoms with Crippen LogP contribution in [-0.2, 0) is 4.74 Å². The van der Waals surface area contributed by atoms with Gasteiger partial charge in [0.15, 0.2) is 0 Å². The Balaban J connectivity index is 2.25. The van der Waals surface area contributed by atoms with Gasteiger partial charge in [-0.25, -0.2) is 4.79 Å². The summed E-state index contributed by atoms with van der Waals surface area (Å²) in [5, 5.41) is 12.0. The second-order valence-electron chi connectivity index (χ2n) is 5.31. The third-order valence-corrected chi connectivity index (χ3v) is 3.91. The van der Waals surface area contributed by atoms with Gasteiger partial charge in [0.1, 0.15) is 17.1 Å². The van der Waals surface area contributed by atoms with Crippen molar-refractivity contribution in [3.05, 3.63) is 60.2 Å². The van der Waals surface area contributed by atoms with Crippen LogP contribution in [-0.4, -0.2) is 24.8 Å². The Hall–Kier alpha value is -3.01. The summed E-state index contributed by atoms with van der Waals surface area (Å²) in [7, 11) is 1.61. The molecule has 3 aromatic carbocycles. The number of hydrogen-bond donors (Lipinski definition) is 1. The average Bonchev–Trinajstić information content (AvgIpc) is 2.62. The molecule has 1 N–H and O–H groups in total. The van der Waals surface area contributed by atoms with E-state index in [0.29, 0.717) is 5.39 Å². The molecule has 0 atom stereocenters. The van der Waals surface area contributed by atoms with Crippen LogP contribution in [0.25, 0.3) is 21.9 Å². The van der Waals surface area contributed by atoms with Crippen molar-refractivity contribution in [3.8, 4) is 22.6 Å². The van der Waals surface area contributed by atoms with E-state index in [-0.39, 0.29) is 17.9 Å². The molecule has 0 aliphatic carbocycles. The summed E-state index contributed by atoms with van der Waals surface area (Å²) in [6, 6.07) is 16.7. The number of benzene rings is 3. The Morgan fingerprint density at radius 1 is 1.04 bits per heavy atom. The highest BCUT2D eigenvalue weighted by Gasteiger charge is 2.18. The fourth-order valence-electron chi connectivity index (χ4n) is 2.73. The Morgan fingerprint density at radius 2 is 1.71 bits per heavy atom. The molecule has 0 heterocycles. The summed E-state index contributed by atoms with van der Waals surface area (Å²) in [4.78, 5) is 12.2. The van der Waals surface area contributed by atoms with Crippen LogP contribution in [0.4, 0.5) is 0 Å². The number of esters is 1. The first kappa shape index (κ1) is 15.9. The molecule has 0 aromatic heterocycles. The van der Waals surface area contributed by atoms with Gasteiger partial charge in [-0.1, -0.05) is 36.4 Å². The minimum absolute atomic E-state index is 0.0543. The van der Waals surface area contributed by atoms with E-state index in [0.717, 1.165) is 22.3 Å². The van der Waals surface area contributed by atoms with Crippen molar-refractivity contribution in [1.29, 1.82) is 0 Å². The number of phenols is 1. The highest BCUT2D eigenvalue weighted by atomic mass is 16.5. The van der Waals surface area contributed by atoms with E-state index in [9.17, 15) is 9.90 Å². The maximum absolute atomic E-state index is 12.2. The minimum Gasteiger partial charge on any atom is -0.506 e. The van der Waals surface area contributed by atoms with Gasteiger partial charge in [-0.15, -0.1) is 0 Å². The smallest absolute Gasteiger partial charge is 0.341 e. The molecule has 0 spiro atoms. The van der Waals surface area contributed by atoms with Gasteiger partial charge in [0.2, 0.25) is 0 Å². The van der Waals surface area contributed by atoms with Crippen LogP contribution in [0.3, 0.4) is 0 Å². The van der Waals surface area contributed by atoms with E-state index in [4.69, 9.17) is 9.47 Å². The SMILES string of the molecule is CCOC(=O)c1cc(-c2ccc(OC)cc2)c2ccccc2c1O. The second-order valence-corrected chi connectivity index (χ2v) is 5.31. The number of methoxy groups -OCH3 is 1. The zero-order valence-electron chi connectivity index (χ0n) is 13.6. The zero-order valence-corrected chi connectivity index (χ0v) is 13.6. The molecule has 0 amide bonds. The lowest BCUT2D eigenvalue weighted by molar-refractivity contribution is 0.0523. The number of rotatable bonds is 4. The van der Waals surface area contributed by atoms with E-state index in [1.807, 2.05) is 42.5 Å². The highest BCUT2D eigenvalue weighted by molar-refractivity contribution is 6.07. The van der Waals surface area contributed by atoms with Crippen molar-refractivity contribution in [2.24, 2.45) is 0 Å². The lowest BCUT2D eigenvalue weighted by atomic mass is 9.94. The Labute approximate surface area is 140 Å². The quantitative estimate of drug-likeness (QED) is 0.723. The lowest BCUT2D eigenvalue weighted by Crippen LogP contribution is -2.05. The topological polar surface area (TPSA) is 55.8 Å². The molecular formula is C20H18O4. The molecule has 0 saturated carbocycles. The minimum atomic E-state index is -0.532. The molecule has 3 aromatic rings. The zero-order chi connectivity index (χ0) is 17.1. The van der Waals surface area contributed by atoms with Gasteiger partial charge in [-0.05, 0) is 41.6 Å². The molecule has 4 nitrogen and oxygen atoms in total. The predicted octanol–water partition coefficient (Wildman–Crippen LogP) is 4.40. The van der Waals surface area contributed by atoms with Crippen LogP contribution in [0.5, 0.6) is 11.5 Å². The first-order valence-corrected chi connectivity index (χ1v) is 7.72. The Morgan fingerprint density at radius 3 is 2.33 bits per heavy atom. The molecule has 0 radical (unpaired) electrons. The monoisotopic (exact) mass is 322 g/mol. The standard InChI is InChI=1S/C20H18O4/c1-3-24-20(22)18-12-17(13-8-10-14(23-2)11-9-13)15-6-4-5-7-16(15)19(18)21/h4-12,21H,3H2,1-2H3. The van der Waals surface area contributed by atoms with Gasteiger partial charge in [0, 0.05) is 5.39 Å². The van der Waals surface area contributed by atoms with Crippen LogP contribution in [0.2, 0.25) is 0 Å². The van der Waals surface area contributed by atoms with Crippen LogP contribution in [0.1, 0.15) is 17.3 Å². The molecule has 0 fully saturated rings. The van der Waals surface area contributed by atoms with E-state index in [1.165, 1.54) is 0 Å². The Bertz CT molecular complexity index is 882. The van der Waals surface area contributed by atoms with Gasteiger partial charge in [0.25, 0.3) is 0 Å². The first-order valence-electron chi connectivity index (χ1n) is 7.72. The summed E-state index contributed by atoms with van der Waals surface area (Å²) >= 11 is 0. The number of fused-ring (bicyclic) bond motifs is 1. The summed E-state index contributed by atoms with van der Waals surface area (Å²) < 4.78 is 10.3. The normalized spacial score (nSPS) is 10.6. The van der Waals surface area contributed by atoms with E-state index >= 15 is 0 Å². The molecule has 4 heteroatoms. The molecule has 0 aliphatic heterocycles. The van der Waals surface area contributed by atoms with Gasteiger partial charge in [0.05, 0.1) is 13.7 Å². The average molecular weight is 322 g/mol. The van der Waals surface area contributed by atoms with Crippen molar-refractivity contribution >= 4 is 16.7 Å². The maximum Gasteiger partial charge on any atom is 0.341 e.